The quantitative estimate of drug-likeness (QED) is 0.0440. The molecule has 13 nitrogen and oxygen atoms in total. The molecule has 0 aliphatic carbocycles. The summed E-state index contributed by atoms with van der Waals surface area (Å²) in [5.74, 6) is -2.22. The maximum Gasteiger partial charge on any atom is 0.410 e. The van der Waals surface area contributed by atoms with Crippen molar-refractivity contribution in [2.75, 3.05) is 13.1 Å². The fourth-order valence-electron chi connectivity index (χ4n) is 9.13. The summed E-state index contributed by atoms with van der Waals surface area (Å²) >= 11 is 0. The standard InChI is InChI=1S/C66H54N2O11/c69-62(60-54-29-17-16-28-50(54)32-35-55(60)65(72)77-43-48-24-12-4-13-25-48)61-57(75-41-46-20-8-2-9-21-46)36-52(37-58(61)76-42-47-22-10-3-11-23-47)64(71)79-59-39-68(66(73)78-44-49-26-14-5-15-27-49)38-56(59)67-63(70)51-30-33-53(34-31-51)74-40-45-18-6-1-7-19-45/h1-37,56,59H,38-44H2,(H,67,70)/t56-,59-/m1/s1. The molecule has 9 aromatic carbocycles. The van der Waals surface area contributed by atoms with Crippen LogP contribution in [0.3, 0.4) is 0 Å². The summed E-state index contributed by atoms with van der Waals surface area (Å²) in [5, 5.41) is 4.15. The van der Waals surface area contributed by atoms with Crippen LogP contribution in [0.2, 0.25) is 0 Å². The Kier molecular flexibility index (Phi) is 16.7. The number of likely N-dealkylation sites (tertiary alicyclic amines) is 1. The van der Waals surface area contributed by atoms with Gasteiger partial charge in [-0.3, -0.25) is 9.59 Å². The number of carbonyl (C=O) groups excluding carboxylic acids is 5. The van der Waals surface area contributed by atoms with E-state index in [9.17, 15) is 19.2 Å². The molecule has 0 radical (unpaired) electrons. The van der Waals surface area contributed by atoms with E-state index in [0.717, 1.165) is 27.8 Å². The highest BCUT2D eigenvalue weighted by molar-refractivity contribution is 6.23. The minimum Gasteiger partial charge on any atom is -0.489 e. The number of amides is 2. The molecule has 9 aromatic rings. The number of fused-ring (bicyclic) bond motifs is 1. The molecule has 1 aliphatic rings. The minimum atomic E-state index is -1.09. The lowest BCUT2D eigenvalue weighted by molar-refractivity contribution is 0.0259. The molecule has 10 rings (SSSR count). The molecule has 79 heavy (non-hydrogen) atoms. The fraction of sp³-hybridized carbons (Fsp3) is 0.136. The molecule has 1 fully saturated rings. The number of hydrogen-bond acceptors (Lipinski definition) is 11. The lowest BCUT2D eigenvalue weighted by atomic mass is 9.91. The molecule has 0 aromatic heterocycles. The summed E-state index contributed by atoms with van der Waals surface area (Å²) in [6.45, 7) is 0.0484. The first kappa shape index (κ1) is 52.4. The Labute approximate surface area is 456 Å². The van der Waals surface area contributed by atoms with Crippen LogP contribution in [0.15, 0.2) is 224 Å². The summed E-state index contributed by atoms with van der Waals surface area (Å²) in [7, 11) is 0. The van der Waals surface area contributed by atoms with Crippen molar-refractivity contribution in [2.24, 2.45) is 0 Å². The van der Waals surface area contributed by atoms with E-state index in [2.05, 4.69) is 5.32 Å². The van der Waals surface area contributed by atoms with Crippen LogP contribution in [-0.4, -0.2) is 59.9 Å². The smallest absolute Gasteiger partial charge is 0.410 e. The number of nitrogens with zero attached hydrogens (tertiary/aromatic N) is 1. The summed E-state index contributed by atoms with van der Waals surface area (Å²) in [4.78, 5) is 73.8. The third-order valence-corrected chi connectivity index (χ3v) is 13.3. The van der Waals surface area contributed by atoms with Crippen LogP contribution in [0.25, 0.3) is 10.8 Å². The Balaban J connectivity index is 0.989. The highest BCUT2D eigenvalue weighted by atomic mass is 16.6. The van der Waals surface area contributed by atoms with E-state index >= 15 is 4.79 Å². The maximum atomic E-state index is 15.7. The molecular weight excluding hydrogens is 997 g/mol. The van der Waals surface area contributed by atoms with Crippen molar-refractivity contribution in [1.82, 2.24) is 10.2 Å². The van der Waals surface area contributed by atoms with Crippen LogP contribution in [0.1, 0.15) is 74.8 Å². The lowest BCUT2D eigenvalue weighted by Crippen LogP contribution is -2.44. The van der Waals surface area contributed by atoms with Gasteiger partial charge in [0.05, 0.1) is 23.7 Å². The molecule has 13 heteroatoms. The fourth-order valence-corrected chi connectivity index (χ4v) is 9.13. The van der Waals surface area contributed by atoms with Gasteiger partial charge in [-0.15, -0.1) is 0 Å². The van der Waals surface area contributed by atoms with E-state index in [4.69, 9.17) is 28.4 Å². The van der Waals surface area contributed by atoms with Gasteiger partial charge in [-0.25, -0.2) is 14.4 Å². The number of hydrogen-bond donors (Lipinski definition) is 1. The molecule has 2 atom stereocenters. The summed E-state index contributed by atoms with van der Waals surface area (Å²) in [5.41, 5.74) is 4.27. The average Bonchev–Trinajstić information content (AvgIpc) is 4.01. The Morgan fingerprint density at radius 2 is 0.924 bits per heavy atom. The molecule has 0 spiro atoms. The van der Waals surface area contributed by atoms with Crippen molar-refractivity contribution >= 4 is 40.5 Å². The Morgan fingerprint density at radius 3 is 1.47 bits per heavy atom. The van der Waals surface area contributed by atoms with Crippen LogP contribution < -0.4 is 19.5 Å². The molecule has 1 saturated heterocycles. The average molecular weight is 1050 g/mol. The first-order chi connectivity index (χ1) is 38.7. The van der Waals surface area contributed by atoms with Crippen molar-refractivity contribution in [1.29, 1.82) is 0 Å². The van der Waals surface area contributed by atoms with Gasteiger partial charge in [0.2, 0.25) is 5.78 Å². The third-order valence-electron chi connectivity index (χ3n) is 13.3. The van der Waals surface area contributed by atoms with Crippen LogP contribution >= 0.6 is 0 Å². The van der Waals surface area contributed by atoms with Crippen molar-refractivity contribution < 1.29 is 52.4 Å². The van der Waals surface area contributed by atoms with Gasteiger partial charge in [0, 0.05) is 17.7 Å². The van der Waals surface area contributed by atoms with E-state index in [1.807, 2.05) is 164 Å². The van der Waals surface area contributed by atoms with Gasteiger partial charge in [-0.1, -0.05) is 182 Å². The first-order valence-electron chi connectivity index (χ1n) is 25.8. The van der Waals surface area contributed by atoms with Crippen molar-refractivity contribution in [3.8, 4) is 17.2 Å². The number of carbonyl (C=O) groups is 5. The molecule has 394 valence electrons. The Morgan fingerprint density at radius 1 is 0.443 bits per heavy atom. The number of rotatable bonds is 20. The number of benzene rings is 9. The van der Waals surface area contributed by atoms with Crippen molar-refractivity contribution in [3.05, 3.63) is 280 Å². The van der Waals surface area contributed by atoms with E-state index in [0.29, 0.717) is 28.7 Å². The molecule has 1 heterocycles. The molecule has 0 bridgehead atoms. The van der Waals surface area contributed by atoms with Gasteiger partial charge in [-0.05, 0) is 81.1 Å². The van der Waals surface area contributed by atoms with Gasteiger partial charge in [0.1, 0.15) is 62.0 Å². The van der Waals surface area contributed by atoms with Crippen LogP contribution in [0.5, 0.6) is 17.2 Å². The van der Waals surface area contributed by atoms with E-state index < -0.39 is 41.9 Å². The molecule has 1 aliphatic heterocycles. The number of ketones is 1. The van der Waals surface area contributed by atoms with Crippen molar-refractivity contribution in [3.63, 3.8) is 0 Å². The van der Waals surface area contributed by atoms with Gasteiger partial charge < -0.3 is 38.6 Å². The zero-order chi connectivity index (χ0) is 54.3. The van der Waals surface area contributed by atoms with Gasteiger partial charge >= 0.3 is 18.0 Å². The Hall–Kier alpha value is -10.0. The molecule has 0 saturated carbocycles. The predicted molar refractivity (Wildman–Crippen MR) is 297 cm³/mol. The van der Waals surface area contributed by atoms with Crippen LogP contribution in [-0.2, 0) is 47.2 Å². The summed E-state index contributed by atoms with van der Waals surface area (Å²) < 4.78 is 36.9. The molecule has 2 amide bonds. The second-order valence-electron chi connectivity index (χ2n) is 18.8. The predicted octanol–water partition coefficient (Wildman–Crippen LogP) is 12.1. The SMILES string of the molecule is O=C(N[C@@H]1CN(C(=O)OCc2ccccc2)C[C@H]1OC(=O)c1cc(OCc2ccccc2)c(C(=O)c2c(C(=O)OCc3ccccc3)ccc3ccccc23)c(OCc2ccccc2)c1)c1ccc(OCc2ccccc2)cc1. The summed E-state index contributed by atoms with van der Waals surface area (Å²) in [6.07, 6.45) is -1.76. The van der Waals surface area contributed by atoms with Crippen LogP contribution in [0.4, 0.5) is 4.79 Å². The van der Waals surface area contributed by atoms with Crippen molar-refractivity contribution in [2.45, 2.75) is 45.2 Å². The number of nitrogens with one attached hydrogen (secondary N) is 1. The lowest BCUT2D eigenvalue weighted by Gasteiger charge is -2.22. The number of esters is 2. The van der Waals surface area contributed by atoms with E-state index in [1.165, 1.54) is 17.0 Å². The van der Waals surface area contributed by atoms with E-state index in [-0.39, 0.29) is 73.3 Å². The second kappa shape index (κ2) is 25.2. The molecule has 0 unspecified atom stereocenters. The monoisotopic (exact) mass is 1050 g/mol. The van der Waals surface area contributed by atoms with Gasteiger partial charge in [0.15, 0.2) is 0 Å². The highest BCUT2D eigenvalue weighted by Gasteiger charge is 2.40. The Bertz CT molecular complexity index is 3500. The van der Waals surface area contributed by atoms with Gasteiger partial charge in [-0.2, -0.15) is 0 Å². The maximum absolute atomic E-state index is 15.7. The molecular formula is C66H54N2O11. The number of ether oxygens (including phenoxy) is 6. The zero-order valence-corrected chi connectivity index (χ0v) is 42.9. The second-order valence-corrected chi connectivity index (χ2v) is 18.8. The molecule has 1 N–H and O–H groups in total. The third kappa shape index (κ3) is 13.3. The van der Waals surface area contributed by atoms with Gasteiger partial charge in [0.25, 0.3) is 5.91 Å². The largest absolute Gasteiger partial charge is 0.489 e. The highest BCUT2D eigenvalue weighted by Crippen LogP contribution is 2.38. The zero-order valence-electron chi connectivity index (χ0n) is 42.9. The van der Waals surface area contributed by atoms with Crippen LogP contribution in [0, 0.1) is 0 Å². The summed E-state index contributed by atoms with van der Waals surface area (Å²) in [6, 6.07) is 65.8. The van der Waals surface area contributed by atoms with E-state index in [1.54, 1.807) is 48.5 Å². The topological polar surface area (TPSA) is 156 Å². The minimum absolute atomic E-state index is 0.00588. The normalized spacial score (nSPS) is 13.7. The first-order valence-corrected chi connectivity index (χ1v) is 25.8.